The molecule has 20 heavy (non-hydrogen) atoms. The fraction of sp³-hybridized carbons (Fsp3) is 0.812. The number of hydrogen-bond acceptors (Lipinski definition) is 4. The highest BCUT2D eigenvalue weighted by atomic mass is 16.6. The van der Waals surface area contributed by atoms with Crippen molar-refractivity contribution in [1.82, 2.24) is 0 Å². The van der Waals surface area contributed by atoms with Gasteiger partial charge < -0.3 is 14.2 Å². The summed E-state index contributed by atoms with van der Waals surface area (Å²) in [5.41, 5.74) is -1.14. The molecule has 0 aliphatic carbocycles. The second-order valence-corrected chi connectivity index (χ2v) is 6.16. The third kappa shape index (κ3) is 3.16. The molecule has 0 unspecified atom stereocenters. The zero-order valence-electron chi connectivity index (χ0n) is 13.3. The predicted octanol–water partition coefficient (Wildman–Crippen LogP) is 2.41. The molecular formula is C16H26O4. The van der Waals surface area contributed by atoms with Gasteiger partial charge in [-0.25, -0.2) is 0 Å². The van der Waals surface area contributed by atoms with Crippen molar-refractivity contribution in [2.75, 3.05) is 7.11 Å². The van der Waals surface area contributed by atoms with Crippen LogP contribution in [0, 0.1) is 24.2 Å². The van der Waals surface area contributed by atoms with Gasteiger partial charge in [0.25, 0.3) is 0 Å². The summed E-state index contributed by atoms with van der Waals surface area (Å²) in [6, 6.07) is 0. The van der Waals surface area contributed by atoms with E-state index in [-0.39, 0.29) is 18.1 Å². The first-order valence-electron chi connectivity index (χ1n) is 7.14. The van der Waals surface area contributed by atoms with Crippen LogP contribution >= 0.6 is 0 Å². The topological polar surface area (TPSA) is 44.8 Å². The first kappa shape index (κ1) is 17.0. The van der Waals surface area contributed by atoms with Gasteiger partial charge in [0.2, 0.25) is 5.60 Å². The Balaban J connectivity index is 3.18. The summed E-state index contributed by atoms with van der Waals surface area (Å²) in [6.07, 6.45) is 5.57. The number of rotatable bonds is 5. The highest BCUT2D eigenvalue weighted by Crippen LogP contribution is 2.41. The van der Waals surface area contributed by atoms with Crippen molar-refractivity contribution in [3.8, 4) is 12.3 Å². The van der Waals surface area contributed by atoms with Gasteiger partial charge >= 0.3 is 5.97 Å². The van der Waals surface area contributed by atoms with Gasteiger partial charge in [0.15, 0.2) is 0 Å². The maximum atomic E-state index is 11.5. The Kier molecular flexibility index (Phi) is 5.61. The molecule has 0 spiro atoms. The van der Waals surface area contributed by atoms with Gasteiger partial charge in [-0.15, -0.1) is 6.42 Å². The van der Waals surface area contributed by atoms with E-state index in [0.717, 1.165) is 6.42 Å². The van der Waals surface area contributed by atoms with Crippen molar-refractivity contribution in [2.45, 2.75) is 65.0 Å². The fourth-order valence-electron chi connectivity index (χ4n) is 2.97. The van der Waals surface area contributed by atoms with Gasteiger partial charge in [-0.3, -0.25) is 4.79 Å². The number of methoxy groups -OCH3 is 1. The number of ether oxygens (including phenoxy) is 3. The van der Waals surface area contributed by atoms with Crippen LogP contribution in [0.5, 0.6) is 0 Å². The lowest BCUT2D eigenvalue weighted by atomic mass is 9.84. The normalized spacial score (nSPS) is 33.5. The Bertz CT molecular complexity index is 382. The average molecular weight is 282 g/mol. The molecule has 0 aromatic rings. The Morgan fingerprint density at radius 2 is 2.00 bits per heavy atom. The number of carbonyl (C=O) groups is 1. The van der Waals surface area contributed by atoms with Gasteiger partial charge in [0.1, 0.15) is 12.2 Å². The van der Waals surface area contributed by atoms with Gasteiger partial charge in [-0.2, -0.15) is 0 Å². The van der Waals surface area contributed by atoms with Crippen LogP contribution < -0.4 is 0 Å². The second kappa shape index (κ2) is 6.60. The maximum absolute atomic E-state index is 11.5. The molecule has 1 saturated heterocycles. The van der Waals surface area contributed by atoms with Crippen LogP contribution in [0.2, 0.25) is 0 Å². The number of carbonyl (C=O) groups excluding carboxylic acids is 1. The van der Waals surface area contributed by atoms with Gasteiger partial charge in [0, 0.05) is 14.0 Å². The maximum Gasteiger partial charge on any atom is 0.304 e. The summed E-state index contributed by atoms with van der Waals surface area (Å²) in [4.78, 5) is 11.5. The van der Waals surface area contributed by atoms with E-state index >= 15 is 0 Å². The molecular weight excluding hydrogens is 256 g/mol. The molecule has 4 atom stereocenters. The molecule has 0 N–H and O–H groups in total. The van der Waals surface area contributed by atoms with Crippen molar-refractivity contribution in [2.24, 2.45) is 11.8 Å². The minimum absolute atomic E-state index is 0.125. The molecule has 0 saturated carbocycles. The molecule has 1 aliphatic heterocycles. The molecule has 1 heterocycles. The van der Waals surface area contributed by atoms with Crippen molar-refractivity contribution in [1.29, 1.82) is 0 Å². The van der Waals surface area contributed by atoms with E-state index in [1.807, 2.05) is 13.8 Å². The van der Waals surface area contributed by atoms with E-state index in [1.54, 1.807) is 7.11 Å². The van der Waals surface area contributed by atoms with Crippen LogP contribution in [-0.4, -0.2) is 37.0 Å². The molecule has 4 nitrogen and oxygen atoms in total. The van der Waals surface area contributed by atoms with Crippen molar-refractivity contribution < 1.29 is 19.0 Å². The Morgan fingerprint density at radius 3 is 2.35 bits per heavy atom. The molecule has 0 bridgehead atoms. The predicted molar refractivity (Wildman–Crippen MR) is 77.1 cm³/mol. The second-order valence-electron chi connectivity index (χ2n) is 6.16. The summed E-state index contributed by atoms with van der Waals surface area (Å²) in [5, 5.41) is 0. The van der Waals surface area contributed by atoms with Gasteiger partial charge in [0.05, 0.1) is 6.10 Å². The molecule has 0 aromatic heterocycles. The standard InChI is InChI=1S/C16H26O4/c1-8-16(20-12(6)17)14(11(4)5)19-13(9-10(2)3)15(16)18-7/h1,10-11,13-15H,9H2,2-7H3/t13-,14+,15-,16+/m1/s1. The number of esters is 1. The molecule has 0 amide bonds. The lowest BCUT2D eigenvalue weighted by Crippen LogP contribution is -2.52. The molecule has 0 radical (unpaired) electrons. The lowest BCUT2D eigenvalue weighted by molar-refractivity contribution is -0.165. The first-order chi connectivity index (χ1) is 9.28. The summed E-state index contributed by atoms with van der Waals surface area (Å²) in [6.45, 7) is 9.60. The molecule has 1 fully saturated rings. The number of terminal acetylenes is 1. The van der Waals surface area contributed by atoms with Gasteiger partial charge in [-0.05, 0) is 18.3 Å². The molecule has 114 valence electrons. The highest BCUT2D eigenvalue weighted by Gasteiger charge is 2.59. The van der Waals surface area contributed by atoms with Crippen LogP contribution in [0.15, 0.2) is 0 Å². The Labute approximate surface area is 122 Å². The first-order valence-corrected chi connectivity index (χ1v) is 7.14. The smallest absolute Gasteiger partial charge is 0.304 e. The fourth-order valence-corrected chi connectivity index (χ4v) is 2.97. The molecule has 1 aliphatic rings. The SMILES string of the molecule is C#C[C@@]1(OC(C)=O)[C@H](OC)[C@@H](CC(C)C)O[C@H]1C(C)C. The van der Waals surface area contributed by atoms with Crippen LogP contribution in [0.4, 0.5) is 0 Å². The summed E-state index contributed by atoms with van der Waals surface area (Å²) in [7, 11) is 1.58. The quantitative estimate of drug-likeness (QED) is 0.574. The minimum atomic E-state index is -1.14. The van der Waals surface area contributed by atoms with E-state index in [0.29, 0.717) is 5.92 Å². The van der Waals surface area contributed by atoms with E-state index in [2.05, 4.69) is 19.8 Å². The monoisotopic (exact) mass is 282 g/mol. The molecule has 1 rings (SSSR count). The van der Waals surface area contributed by atoms with E-state index < -0.39 is 17.7 Å². The largest absolute Gasteiger partial charge is 0.440 e. The zero-order valence-corrected chi connectivity index (χ0v) is 13.3. The van der Waals surface area contributed by atoms with Crippen molar-refractivity contribution in [3.63, 3.8) is 0 Å². The molecule has 0 aromatic carbocycles. The summed E-state index contributed by atoms with van der Waals surface area (Å²) in [5.74, 6) is 2.81. The highest BCUT2D eigenvalue weighted by molar-refractivity contribution is 5.67. The van der Waals surface area contributed by atoms with Gasteiger partial charge in [-0.1, -0.05) is 33.6 Å². The number of hydrogen-bond donors (Lipinski definition) is 0. The average Bonchev–Trinajstić information content (AvgIpc) is 2.61. The van der Waals surface area contributed by atoms with Crippen molar-refractivity contribution >= 4 is 5.97 Å². The zero-order chi connectivity index (χ0) is 15.5. The van der Waals surface area contributed by atoms with Crippen LogP contribution in [0.25, 0.3) is 0 Å². The lowest BCUT2D eigenvalue weighted by Gasteiger charge is -2.34. The van der Waals surface area contributed by atoms with Crippen molar-refractivity contribution in [3.05, 3.63) is 0 Å². The Hall–Kier alpha value is -1.05. The third-order valence-corrected chi connectivity index (χ3v) is 3.61. The minimum Gasteiger partial charge on any atom is -0.440 e. The summed E-state index contributed by atoms with van der Waals surface area (Å²) >= 11 is 0. The van der Waals surface area contributed by atoms with E-state index in [4.69, 9.17) is 20.6 Å². The van der Waals surface area contributed by atoms with E-state index in [9.17, 15) is 4.79 Å². The van der Waals surface area contributed by atoms with Crippen LogP contribution in [0.3, 0.4) is 0 Å². The summed E-state index contributed by atoms with van der Waals surface area (Å²) < 4.78 is 17.2. The Morgan fingerprint density at radius 1 is 1.40 bits per heavy atom. The van der Waals surface area contributed by atoms with E-state index in [1.165, 1.54) is 6.92 Å². The molecule has 4 heteroatoms. The van der Waals surface area contributed by atoms with Crippen LogP contribution in [-0.2, 0) is 19.0 Å². The third-order valence-electron chi connectivity index (χ3n) is 3.61. The van der Waals surface area contributed by atoms with Crippen LogP contribution in [0.1, 0.15) is 41.0 Å².